The molecule has 6 nitrogen and oxygen atoms in total. The van der Waals surface area contributed by atoms with Gasteiger partial charge in [0.1, 0.15) is 0 Å². The molecule has 18 heavy (non-hydrogen) atoms. The van der Waals surface area contributed by atoms with Gasteiger partial charge >= 0.3 is 5.69 Å². The zero-order chi connectivity index (χ0) is 13.4. The van der Waals surface area contributed by atoms with E-state index in [4.69, 9.17) is 0 Å². The molecule has 0 unspecified atom stereocenters. The number of rotatable bonds is 8. The van der Waals surface area contributed by atoms with Gasteiger partial charge in [0.25, 0.3) is 0 Å². The molecular weight excluding hydrogens is 252 g/mol. The first kappa shape index (κ1) is 14.6. The van der Waals surface area contributed by atoms with Crippen LogP contribution in [-0.4, -0.2) is 33.0 Å². The first-order valence-electron chi connectivity index (χ1n) is 5.84. The number of hydrogen-bond acceptors (Lipinski definition) is 4. The highest BCUT2D eigenvalue weighted by Crippen LogP contribution is 2.13. The van der Waals surface area contributed by atoms with Gasteiger partial charge in [-0.1, -0.05) is 31.2 Å². The average molecular weight is 270 g/mol. The zero-order valence-electron chi connectivity index (χ0n) is 10.4. The highest BCUT2D eigenvalue weighted by Gasteiger charge is 2.10. The van der Waals surface area contributed by atoms with Gasteiger partial charge in [-0.3, -0.25) is 9.36 Å². The molecule has 0 aromatic carbocycles. The molecule has 0 aliphatic heterocycles. The normalized spacial score (nSPS) is 10.3. The maximum absolute atomic E-state index is 11.5. The summed E-state index contributed by atoms with van der Waals surface area (Å²) >= 11 is 1.25. The van der Waals surface area contributed by atoms with Gasteiger partial charge in [-0.25, -0.2) is 9.89 Å². The van der Waals surface area contributed by atoms with Crippen LogP contribution in [0.4, 0.5) is 0 Å². The molecule has 7 heteroatoms. The molecule has 0 bridgehead atoms. The van der Waals surface area contributed by atoms with E-state index in [-0.39, 0.29) is 17.3 Å². The fraction of sp³-hybridized carbons (Fsp3) is 0.545. The van der Waals surface area contributed by atoms with Crippen LogP contribution < -0.4 is 11.0 Å². The van der Waals surface area contributed by atoms with Crippen molar-refractivity contribution in [1.29, 1.82) is 0 Å². The summed E-state index contributed by atoms with van der Waals surface area (Å²) in [4.78, 5) is 22.9. The van der Waals surface area contributed by atoms with Crippen LogP contribution in [0.5, 0.6) is 0 Å². The summed E-state index contributed by atoms with van der Waals surface area (Å²) in [6.45, 7) is 6.65. The molecule has 0 saturated heterocycles. The molecule has 1 heterocycles. The van der Waals surface area contributed by atoms with Crippen LogP contribution in [0.25, 0.3) is 0 Å². The van der Waals surface area contributed by atoms with Crippen molar-refractivity contribution in [1.82, 2.24) is 20.1 Å². The zero-order valence-corrected chi connectivity index (χ0v) is 11.3. The summed E-state index contributed by atoms with van der Waals surface area (Å²) < 4.78 is 1.56. The Hall–Kier alpha value is -1.50. The molecule has 100 valence electrons. The minimum absolute atomic E-state index is 0.0996. The Bertz CT molecular complexity index is 452. The average Bonchev–Trinajstić information content (AvgIpc) is 2.72. The number of hydrogen-bond donors (Lipinski definition) is 2. The van der Waals surface area contributed by atoms with Crippen molar-refractivity contribution in [3.63, 3.8) is 0 Å². The van der Waals surface area contributed by atoms with Gasteiger partial charge in [0.2, 0.25) is 5.91 Å². The Kier molecular flexibility index (Phi) is 6.27. The van der Waals surface area contributed by atoms with Crippen molar-refractivity contribution in [3.05, 3.63) is 23.1 Å². The number of aromatic nitrogens is 3. The number of thioether (sulfide) groups is 1. The number of unbranched alkanes of at least 4 members (excludes halogenated alkanes) is 1. The summed E-state index contributed by atoms with van der Waals surface area (Å²) in [5.74, 6) is 0.141. The maximum Gasteiger partial charge on any atom is 0.343 e. The van der Waals surface area contributed by atoms with Crippen molar-refractivity contribution in [2.24, 2.45) is 0 Å². The Labute approximate surface area is 110 Å². The van der Waals surface area contributed by atoms with Crippen molar-refractivity contribution in [2.45, 2.75) is 31.5 Å². The number of nitrogens with zero attached hydrogens (tertiary/aromatic N) is 2. The van der Waals surface area contributed by atoms with Crippen LogP contribution >= 0.6 is 11.8 Å². The fourth-order valence-electron chi connectivity index (χ4n) is 1.29. The standard InChI is InChI=1S/C11H18N4O2S/c1-3-5-7-15-10(17)13-14-11(15)18-8-9(16)12-6-4-2/h4H,2-3,5-8H2,1H3,(H,12,16)(H,13,17). The van der Waals surface area contributed by atoms with Gasteiger partial charge < -0.3 is 5.32 Å². The molecular formula is C11H18N4O2S. The summed E-state index contributed by atoms with van der Waals surface area (Å²) in [5.41, 5.74) is -0.225. The van der Waals surface area contributed by atoms with E-state index in [2.05, 4.69) is 29.0 Å². The van der Waals surface area contributed by atoms with Gasteiger partial charge in [0, 0.05) is 13.1 Å². The van der Waals surface area contributed by atoms with Crippen molar-refractivity contribution in [3.8, 4) is 0 Å². The third-order valence-electron chi connectivity index (χ3n) is 2.23. The molecule has 1 amide bonds. The van der Waals surface area contributed by atoms with Gasteiger partial charge in [-0.15, -0.1) is 11.7 Å². The minimum atomic E-state index is -0.225. The largest absolute Gasteiger partial charge is 0.352 e. The van der Waals surface area contributed by atoms with Crippen molar-refractivity contribution >= 4 is 17.7 Å². The minimum Gasteiger partial charge on any atom is -0.352 e. The summed E-state index contributed by atoms with van der Waals surface area (Å²) in [7, 11) is 0. The van der Waals surface area contributed by atoms with Crippen LogP contribution in [0.3, 0.4) is 0 Å². The third kappa shape index (κ3) is 4.40. The van der Waals surface area contributed by atoms with E-state index in [0.717, 1.165) is 12.8 Å². The second-order valence-corrected chi connectivity index (χ2v) is 4.64. The second kappa shape index (κ2) is 7.75. The predicted octanol–water partition coefficient (Wildman–Crippen LogP) is 0.766. The number of amides is 1. The van der Waals surface area contributed by atoms with Crippen molar-refractivity contribution in [2.75, 3.05) is 12.3 Å². The lowest BCUT2D eigenvalue weighted by Crippen LogP contribution is -2.25. The van der Waals surface area contributed by atoms with E-state index >= 15 is 0 Å². The molecule has 0 saturated carbocycles. The van der Waals surface area contributed by atoms with Crippen LogP contribution in [0.2, 0.25) is 0 Å². The van der Waals surface area contributed by atoms with Crippen LogP contribution in [0, 0.1) is 0 Å². The highest BCUT2D eigenvalue weighted by molar-refractivity contribution is 7.99. The first-order valence-corrected chi connectivity index (χ1v) is 6.83. The molecule has 0 atom stereocenters. The van der Waals surface area contributed by atoms with E-state index < -0.39 is 0 Å². The maximum atomic E-state index is 11.5. The van der Waals surface area contributed by atoms with Crippen LogP contribution in [-0.2, 0) is 11.3 Å². The van der Waals surface area contributed by atoms with Gasteiger partial charge in [0.15, 0.2) is 5.16 Å². The summed E-state index contributed by atoms with van der Waals surface area (Å²) in [6.07, 6.45) is 3.53. The fourth-order valence-corrected chi connectivity index (χ4v) is 2.10. The molecule has 0 aliphatic carbocycles. The number of aromatic amines is 1. The molecule has 2 N–H and O–H groups in total. The Morgan fingerprint density at radius 3 is 3.11 bits per heavy atom. The SMILES string of the molecule is C=CCNC(=O)CSc1n[nH]c(=O)n1CCCC. The summed E-state index contributed by atoms with van der Waals surface area (Å²) in [6, 6.07) is 0. The van der Waals surface area contributed by atoms with E-state index in [0.29, 0.717) is 18.2 Å². The lowest BCUT2D eigenvalue weighted by molar-refractivity contribution is -0.118. The molecule has 0 radical (unpaired) electrons. The summed E-state index contributed by atoms with van der Waals surface area (Å²) in [5, 5.41) is 9.54. The molecule has 1 rings (SSSR count). The van der Waals surface area contributed by atoms with Gasteiger partial charge in [0.05, 0.1) is 5.75 Å². The topological polar surface area (TPSA) is 79.8 Å². The van der Waals surface area contributed by atoms with Crippen LogP contribution in [0.1, 0.15) is 19.8 Å². The highest BCUT2D eigenvalue weighted by atomic mass is 32.2. The van der Waals surface area contributed by atoms with E-state index in [1.54, 1.807) is 10.6 Å². The Morgan fingerprint density at radius 1 is 1.67 bits per heavy atom. The molecule has 0 fully saturated rings. The third-order valence-corrected chi connectivity index (χ3v) is 3.21. The number of nitrogens with one attached hydrogen (secondary N) is 2. The number of carbonyl (C=O) groups excluding carboxylic acids is 1. The molecule has 0 spiro atoms. The van der Waals surface area contributed by atoms with Gasteiger partial charge in [-0.05, 0) is 6.42 Å². The smallest absolute Gasteiger partial charge is 0.343 e. The lowest BCUT2D eigenvalue weighted by Gasteiger charge is -2.04. The van der Waals surface area contributed by atoms with Gasteiger partial charge in [-0.2, -0.15) is 0 Å². The lowest BCUT2D eigenvalue weighted by atomic mass is 10.3. The van der Waals surface area contributed by atoms with E-state index in [1.807, 2.05) is 0 Å². The molecule has 1 aromatic rings. The Balaban J connectivity index is 2.53. The van der Waals surface area contributed by atoms with E-state index in [1.165, 1.54) is 11.8 Å². The molecule has 0 aliphatic rings. The predicted molar refractivity (Wildman–Crippen MR) is 71.7 cm³/mol. The Morgan fingerprint density at radius 2 is 2.44 bits per heavy atom. The van der Waals surface area contributed by atoms with Crippen molar-refractivity contribution < 1.29 is 4.79 Å². The number of H-pyrrole nitrogens is 1. The van der Waals surface area contributed by atoms with Crippen LogP contribution in [0.15, 0.2) is 22.6 Å². The first-order chi connectivity index (χ1) is 8.69. The molecule has 1 aromatic heterocycles. The number of carbonyl (C=O) groups is 1. The van der Waals surface area contributed by atoms with E-state index in [9.17, 15) is 9.59 Å². The monoisotopic (exact) mass is 270 g/mol. The quantitative estimate of drug-likeness (QED) is 0.540. The second-order valence-electron chi connectivity index (χ2n) is 3.70.